The number of likely N-dealkylation sites (N-methyl/N-ethyl adjacent to an activating group) is 1. The number of ether oxygens (including phenoxy) is 2. The Morgan fingerprint density at radius 2 is 1.48 bits per heavy atom. The van der Waals surface area contributed by atoms with Crippen molar-refractivity contribution in [2.45, 2.75) is 26.8 Å². The van der Waals surface area contributed by atoms with Crippen LogP contribution in [0.25, 0.3) is 34.3 Å². The van der Waals surface area contributed by atoms with E-state index in [0.717, 1.165) is 33.8 Å². The molecule has 8 nitrogen and oxygen atoms in total. The predicted molar refractivity (Wildman–Crippen MR) is 208 cm³/mol. The maximum atomic E-state index is 14.9. The molecule has 0 radical (unpaired) electrons. The number of fused-ring (bicyclic) bond motifs is 1. The molecule has 9 heteroatoms. The molecule has 0 N–H and O–H groups in total. The number of methoxy groups -OCH3 is 2. The summed E-state index contributed by atoms with van der Waals surface area (Å²) in [5, 5.41) is 0. The highest BCUT2D eigenvalue weighted by Gasteiger charge is 2.36. The highest BCUT2D eigenvalue weighted by atomic mass is 32.1. The van der Waals surface area contributed by atoms with Gasteiger partial charge in [-0.3, -0.25) is 14.2 Å². The standard InChI is InChI=1S/C43H40N4O4S/c1-6-45(7-2)42(49)38-28(3)44-43-47(40(38)34-27-33(50-4)23-24-36(34)51-5)41(48)37(52-43)26-31-25-35(29-17-11-8-12-18-29)46(32-21-15-10-16-22-32)39(31)30-19-13-9-14-20-30/h8-27,40H,6-7H2,1-5H3/b37-26+/t40-/m0/s1. The molecular weight excluding hydrogens is 669 g/mol. The van der Waals surface area contributed by atoms with Crippen molar-refractivity contribution in [3.05, 3.63) is 157 Å². The lowest BCUT2D eigenvalue weighted by Gasteiger charge is -2.30. The van der Waals surface area contributed by atoms with Crippen LogP contribution in [0, 0.1) is 0 Å². The lowest BCUT2D eigenvalue weighted by atomic mass is 9.93. The van der Waals surface area contributed by atoms with Crippen molar-refractivity contribution in [3.63, 3.8) is 0 Å². The van der Waals surface area contributed by atoms with E-state index in [4.69, 9.17) is 14.5 Å². The van der Waals surface area contributed by atoms with Gasteiger partial charge >= 0.3 is 0 Å². The summed E-state index contributed by atoms with van der Waals surface area (Å²) in [4.78, 5) is 36.3. The van der Waals surface area contributed by atoms with Crippen LogP contribution >= 0.6 is 11.3 Å². The largest absolute Gasteiger partial charge is 0.497 e. The number of aromatic nitrogens is 2. The van der Waals surface area contributed by atoms with E-state index < -0.39 is 6.04 Å². The van der Waals surface area contributed by atoms with Gasteiger partial charge in [-0.15, -0.1) is 0 Å². The molecule has 1 aliphatic heterocycles. The zero-order chi connectivity index (χ0) is 36.4. The molecule has 262 valence electrons. The first-order chi connectivity index (χ1) is 25.4. The third-order valence-corrected chi connectivity index (χ3v) is 10.5. The van der Waals surface area contributed by atoms with Gasteiger partial charge in [0.1, 0.15) is 17.5 Å². The van der Waals surface area contributed by atoms with Crippen LogP contribution in [0.1, 0.15) is 37.9 Å². The fraction of sp³-hybridized carbons (Fsp3) is 0.186. The Morgan fingerprint density at radius 3 is 2.10 bits per heavy atom. The summed E-state index contributed by atoms with van der Waals surface area (Å²) in [6.07, 6.45) is 1.96. The molecule has 3 heterocycles. The molecule has 0 spiro atoms. The average Bonchev–Trinajstić information content (AvgIpc) is 3.72. The molecule has 2 aromatic heterocycles. The van der Waals surface area contributed by atoms with E-state index >= 15 is 0 Å². The first-order valence-corrected chi connectivity index (χ1v) is 18.2. The summed E-state index contributed by atoms with van der Waals surface area (Å²) in [7, 11) is 3.18. The maximum Gasteiger partial charge on any atom is 0.271 e. The molecule has 6 aromatic rings. The van der Waals surface area contributed by atoms with Crippen molar-refractivity contribution in [2.24, 2.45) is 4.99 Å². The van der Waals surface area contributed by atoms with E-state index in [0.29, 0.717) is 50.8 Å². The molecule has 1 atom stereocenters. The smallest absolute Gasteiger partial charge is 0.271 e. The highest BCUT2D eigenvalue weighted by molar-refractivity contribution is 7.07. The molecule has 0 saturated heterocycles. The Morgan fingerprint density at radius 1 is 0.846 bits per heavy atom. The Kier molecular flexibility index (Phi) is 9.78. The Balaban J connectivity index is 1.52. The van der Waals surface area contributed by atoms with Crippen LogP contribution in [-0.4, -0.2) is 47.3 Å². The van der Waals surface area contributed by atoms with E-state index in [1.165, 1.54) is 11.3 Å². The van der Waals surface area contributed by atoms with Crippen LogP contribution in [0.15, 0.2) is 136 Å². The predicted octanol–water partition coefficient (Wildman–Crippen LogP) is 7.25. The van der Waals surface area contributed by atoms with E-state index in [1.807, 2.05) is 93.6 Å². The maximum absolute atomic E-state index is 14.9. The molecule has 7 rings (SSSR count). The normalized spacial score (nSPS) is 14.2. The number of allylic oxidation sites excluding steroid dienone is 1. The van der Waals surface area contributed by atoms with E-state index in [1.54, 1.807) is 29.8 Å². The zero-order valence-corrected chi connectivity index (χ0v) is 30.7. The van der Waals surface area contributed by atoms with Gasteiger partial charge in [-0.05, 0) is 74.4 Å². The number of nitrogens with zero attached hydrogens (tertiary/aromatic N) is 4. The number of rotatable bonds is 10. The number of benzene rings is 4. The minimum absolute atomic E-state index is 0.172. The number of thiazole rings is 1. The second kappa shape index (κ2) is 14.7. The van der Waals surface area contributed by atoms with Crippen molar-refractivity contribution in [1.29, 1.82) is 0 Å². The van der Waals surface area contributed by atoms with Crippen LogP contribution in [0.4, 0.5) is 0 Å². The van der Waals surface area contributed by atoms with Crippen molar-refractivity contribution >= 4 is 23.3 Å². The molecular formula is C43H40N4O4S. The number of para-hydroxylation sites is 1. The van der Waals surface area contributed by atoms with Crippen molar-refractivity contribution < 1.29 is 14.3 Å². The van der Waals surface area contributed by atoms with Gasteiger partial charge in [0.2, 0.25) is 0 Å². The van der Waals surface area contributed by atoms with Gasteiger partial charge in [0, 0.05) is 29.9 Å². The Labute approximate surface area is 306 Å². The van der Waals surface area contributed by atoms with Gasteiger partial charge in [-0.1, -0.05) is 90.2 Å². The number of carbonyl (C=O) groups excluding carboxylic acids is 1. The number of hydrogen-bond acceptors (Lipinski definition) is 6. The van der Waals surface area contributed by atoms with Crippen molar-refractivity contribution in [1.82, 2.24) is 14.0 Å². The SMILES string of the molecule is CCN(CC)C(=O)C1=C(C)N=c2s/c(=C/c3cc(-c4ccccc4)n(-c4ccccc4)c3-c3ccccc3)c(=O)n2[C@H]1c1cc(OC)ccc1OC. The van der Waals surface area contributed by atoms with E-state index in [9.17, 15) is 9.59 Å². The summed E-state index contributed by atoms with van der Waals surface area (Å²) >= 11 is 1.31. The molecule has 0 fully saturated rings. The minimum Gasteiger partial charge on any atom is -0.497 e. The lowest BCUT2D eigenvalue weighted by Crippen LogP contribution is -2.43. The molecule has 4 aromatic carbocycles. The molecule has 0 aliphatic carbocycles. The second-order valence-corrected chi connectivity index (χ2v) is 13.4. The monoisotopic (exact) mass is 708 g/mol. The minimum atomic E-state index is -0.793. The van der Waals surface area contributed by atoms with Gasteiger partial charge in [0.15, 0.2) is 4.80 Å². The highest BCUT2D eigenvalue weighted by Crippen LogP contribution is 2.39. The van der Waals surface area contributed by atoms with E-state index in [-0.39, 0.29) is 11.5 Å². The molecule has 0 unspecified atom stereocenters. The fourth-order valence-electron chi connectivity index (χ4n) is 6.96. The molecule has 0 saturated carbocycles. The van der Waals surface area contributed by atoms with E-state index in [2.05, 4.69) is 47.0 Å². The summed E-state index contributed by atoms with van der Waals surface area (Å²) < 4.78 is 15.9. The quantitative estimate of drug-likeness (QED) is 0.150. The topological polar surface area (TPSA) is 78.1 Å². The molecule has 1 amide bonds. The first-order valence-electron chi connectivity index (χ1n) is 17.3. The Bertz CT molecular complexity index is 2460. The van der Waals surface area contributed by atoms with Gasteiger partial charge in [0.25, 0.3) is 11.5 Å². The number of amides is 1. The molecule has 0 bridgehead atoms. The zero-order valence-electron chi connectivity index (χ0n) is 29.9. The summed E-state index contributed by atoms with van der Waals surface area (Å²) in [5.41, 5.74) is 7.27. The fourth-order valence-corrected chi connectivity index (χ4v) is 8.00. The third-order valence-electron chi connectivity index (χ3n) is 9.48. The van der Waals surface area contributed by atoms with Crippen molar-refractivity contribution in [3.8, 4) is 39.7 Å². The third kappa shape index (κ3) is 6.17. The summed E-state index contributed by atoms with van der Waals surface area (Å²) in [6, 6.07) is 37.6. The second-order valence-electron chi connectivity index (χ2n) is 12.4. The van der Waals surface area contributed by atoms with Crippen LogP contribution in [0.3, 0.4) is 0 Å². The van der Waals surface area contributed by atoms with Gasteiger partial charge in [-0.25, -0.2) is 4.99 Å². The number of carbonyl (C=O) groups is 1. The average molecular weight is 709 g/mol. The van der Waals surface area contributed by atoms with Crippen LogP contribution in [-0.2, 0) is 4.79 Å². The van der Waals surface area contributed by atoms with Crippen molar-refractivity contribution in [2.75, 3.05) is 27.3 Å². The van der Waals surface area contributed by atoms with Gasteiger partial charge in [-0.2, -0.15) is 0 Å². The molecule has 1 aliphatic rings. The summed E-state index contributed by atoms with van der Waals surface area (Å²) in [6.45, 7) is 6.77. The summed E-state index contributed by atoms with van der Waals surface area (Å²) in [5.74, 6) is 0.957. The first kappa shape index (κ1) is 34.5. The van der Waals surface area contributed by atoms with Gasteiger partial charge < -0.3 is 18.9 Å². The van der Waals surface area contributed by atoms with Gasteiger partial charge in [0.05, 0.1) is 41.4 Å². The van der Waals surface area contributed by atoms with Crippen LogP contribution < -0.4 is 24.4 Å². The lowest BCUT2D eigenvalue weighted by molar-refractivity contribution is -0.127. The van der Waals surface area contributed by atoms with Crippen LogP contribution in [0.5, 0.6) is 11.5 Å². The Hall–Kier alpha value is -5.93. The molecule has 52 heavy (non-hydrogen) atoms. The number of hydrogen-bond donors (Lipinski definition) is 0. The van der Waals surface area contributed by atoms with Crippen LogP contribution in [0.2, 0.25) is 0 Å².